The second-order valence-electron chi connectivity index (χ2n) is 8.05. The van der Waals surface area contributed by atoms with Gasteiger partial charge < -0.3 is 24.8 Å². The molecule has 1 aliphatic heterocycles. The molecule has 1 saturated carbocycles. The summed E-state index contributed by atoms with van der Waals surface area (Å²) in [6.07, 6.45) is 2.62. The third-order valence-corrected chi connectivity index (χ3v) is 5.82. The fourth-order valence-corrected chi connectivity index (χ4v) is 3.63. The van der Waals surface area contributed by atoms with E-state index in [0.29, 0.717) is 18.8 Å². The van der Waals surface area contributed by atoms with Crippen LogP contribution in [0.15, 0.2) is 23.2 Å². The van der Waals surface area contributed by atoms with Crippen LogP contribution in [-0.4, -0.2) is 82.3 Å². The summed E-state index contributed by atoms with van der Waals surface area (Å²) in [7, 11) is 3.76. The number of nitrogens with zero attached hydrogens (tertiary/aromatic N) is 4. The van der Waals surface area contributed by atoms with Gasteiger partial charge in [-0.3, -0.25) is 4.99 Å². The van der Waals surface area contributed by atoms with Gasteiger partial charge in [0, 0.05) is 60.0 Å². The van der Waals surface area contributed by atoms with Crippen molar-refractivity contribution >= 4 is 11.6 Å². The minimum Gasteiger partial charge on any atom is -0.379 e. The normalized spacial score (nSPS) is 18.2. The molecule has 0 unspecified atom stereocenters. The average molecular weight is 406 g/mol. The monoisotopic (exact) mass is 405 g/mol. The number of hydrogen-bond donors (Lipinski definition) is 1. The lowest BCUT2D eigenvalue weighted by molar-refractivity contribution is 0.115. The van der Waals surface area contributed by atoms with Gasteiger partial charge in [0.2, 0.25) is 0 Å². The molecular weight excluding hydrogens is 369 g/mol. The summed E-state index contributed by atoms with van der Waals surface area (Å²) in [6, 6.07) is 5.55. The highest BCUT2D eigenvalue weighted by molar-refractivity contribution is 5.79. The van der Waals surface area contributed by atoms with Crippen LogP contribution < -0.4 is 10.2 Å². The zero-order chi connectivity index (χ0) is 20.6. The van der Waals surface area contributed by atoms with Gasteiger partial charge in [0.1, 0.15) is 5.82 Å². The number of nitrogens with one attached hydrogen (secondary N) is 1. The first-order valence-corrected chi connectivity index (χ1v) is 10.9. The van der Waals surface area contributed by atoms with Gasteiger partial charge in [0.05, 0.1) is 12.3 Å². The van der Waals surface area contributed by atoms with Crippen molar-refractivity contribution in [3.8, 4) is 0 Å². The summed E-state index contributed by atoms with van der Waals surface area (Å²) in [4.78, 5) is 10.9. The Kier molecular flexibility index (Phi) is 8.12. The fraction of sp³-hybridized carbons (Fsp3) is 0.682. The smallest absolute Gasteiger partial charge is 0.193 e. The second-order valence-corrected chi connectivity index (χ2v) is 8.05. The molecule has 7 heteroatoms. The maximum Gasteiger partial charge on any atom is 0.193 e. The molecule has 3 rings (SSSR count). The van der Waals surface area contributed by atoms with E-state index in [1.54, 1.807) is 13.1 Å². The van der Waals surface area contributed by atoms with Crippen molar-refractivity contribution in [2.75, 3.05) is 71.5 Å². The van der Waals surface area contributed by atoms with Crippen LogP contribution in [0.3, 0.4) is 0 Å². The molecule has 1 aliphatic carbocycles. The van der Waals surface area contributed by atoms with Gasteiger partial charge in [-0.25, -0.2) is 4.39 Å². The Labute approximate surface area is 174 Å². The van der Waals surface area contributed by atoms with Crippen molar-refractivity contribution in [1.82, 2.24) is 15.1 Å². The van der Waals surface area contributed by atoms with Crippen LogP contribution in [0.4, 0.5) is 10.1 Å². The Morgan fingerprint density at radius 3 is 2.66 bits per heavy atom. The van der Waals surface area contributed by atoms with Crippen molar-refractivity contribution in [2.45, 2.75) is 26.3 Å². The van der Waals surface area contributed by atoms with Crippen molar-refractivity contribution in [2.24, 2.45) is 10.9 Å². The Bertz CT molecular complexity index is 671. The molecule has 6 nitrogen and oxygen atoms in total. The summed E-state index contributed by atoms with van der Waals surface area (Å²) < 4.78 is 20.4. The van der Waals surface area contributed by atoms with Crippen LogP contribution in [-0.2, 0) is 11.3 Å². The molecule has 2 aliphatic rings. The average Bonchev–Trinajstić information content (AvgIpc) is 3.56. The van der Waals surface area contributed by atoms with E-state index < -0.39 is 0 Å². The number of hydrogen-bond acceptors (Lipinski definition) is 4. The van der Waals surface area contributed by atoms with Crippen LogP contribution in [0.25, 0.3) is 0 Å². The molecular formula is C22H36FN5O. The number of ether oxygens (including phenoxy) is 1. The number of guanidine groups is 1. The molecule has 0 atom stereocenters. The van der Waals surface area contributed by atoms with Crippen molar-refractivity contribution in [1.29, 1.82) is 0 Å². The van der Waals surface area contributed by atoms with Gasteiger partial charge in [0.15, 0.2) is 5.96 Å². The Balaban J connectivity index is 1.45. The topological polar surface area (TPSA) is 43.3 Å². The Morgan fingerprint density at radius 2 is 2.03 bits per heavy atom. The lowest BCUT2D eigenvalue weighted by atomic mass is 10.1. The molecule has 1 aromatic carbocycles. The maximum absolute atomic E-state index is 14.7. The molecule has 1 N–H and O–H groups in total. The largest absolute Gasteiger partial charge is 0.379 e. The Morgan fingerprint density at radius 1 is 1.28 bits per heavy atom. The van der Waals surface area contributed by atoms with Crippen LogP contribution >= 0.6 is 0 Å². The Hall–Kier alpha value is -1.86. The van der Waals surface area contributed by atoms with E-state index in [2.05, 4.69) is 27.0 Å². The SMILES string of the molecule is CCN1CCN(c2ccc(CNC(=NC)N(C)CCOCC3CC3)cc2F)CC1. The highest BCUT2D eigenvalue weighted by Crippen LogP contribution is 2.28. The van der Waals surface area contributed by atoms with Gasteiger partial charge in [-0.05, 0) is 43.0 Å². The molecule has 1 saturated heterocycles. The summed E-state index contributed by atoms with van der Waals surface area (Å²) in [5.74, 6) is 1.43. The van der Waals surface area contributed by atoms with Gasteiger partial charge in [0.25, 0.3) is 0 Å². The van der Waals surface area contributed by atoms with E-state index >= 15 is 0 Å². The molecule has 2 fully saturated rings. The minimum atomic E-state index is -0.147. The summed E-state index contributed by atoms with van der Waals surface area (Å²) in [5, 5.41) is 3.32. The van der Waals surface area contributed by atoms with Crippen LogP contribution in [0.5, 0.6) is 0 Å². The van der Waals surface area contributed by atoms with Gasteiger partial charge in [-0.1, -0.05) is 13.0 Å². The van der Waals surface area contributed by atoms with Gasteiger partial charge in [-0.15, -0.1) is 0 Å². The van der Waals surface area contributed by atoms with E-state index in [1.165, 1.54) is 12.8 Å². The molecule has 0 radical (unpaired) electrons. The fourth-order valence-electron chi connectivity index (χ4n) is 3.63. The number of halogens is 1. The molecule has 1 heterocycles. The number of rotatable bonds is 9. The first-order chi connectivity index (χ1) is 14.1. The highest BCUT2D eigenvalue weighted by atomic mass is 19.1. The van der Waals surface area contributed by atoms with Crippen LogP contribution in [0.1, 0.15) is 25.3 Å². The summed E-state index contributed by atoms with van der Waals surface area (Å²) >= 11 is 0. The zero-order valence-corrected chi connectivity index (χ0v) is 18.2. The van der Waals surface area contributed by atoms with Crippen LogP contribution in [0, 0.1) is 11.7 Å². The van der Waals surface area contributed by atoms with Crippen molar-refractivity contribution < 1.29 is 9.13 Å². The third-order valence-electron chi connectivity index (χ3n) is 5.82. The number of benzene rings is 1. The quantitative estimate of drug-likeness (QED) is 0.388. The van der Waals surface area contributed by atoms with Gasteiger partial charge in [-0.2, -0.15) is 0 Å². The first-order valence-electron chi connectivity index (χ1n) is 10.9. The predicted octanol–water partition coefficient (Wildman–Crippen LogP) is 2.40. The number of aliphatic imine (C=N–C) groups is 1. The standard InChI is InChI=1S/C22H36FN5O/c1-4-27-9-11-28(12-10-27)21-8-7-19(15-20(21)23)16-25-22(24-2)26(3)13-14-29-17-18-5-6-18/h7-8,15,18H,4-6,9-14,16-17H2,1-3H3,(H,24,25). The van der Waals surface area contributed by atoms with E-state index in [9.17, 15) is 4.39 Å². The van der Waals surface area contributed by atoms with Crippen molar-refractivity contribution in [3.05, 3.63) is 29.6 Å². The molecule has 0 amide bonds. The predicted molar refractivity (Wildman–Crippen MR) is 117 cm³/mol. The second kappa shape index (κ2) is 10.8. The first kappa shape index (κ1) is 21.8. The number of likely N-dealkylation sites (N-methyl/N-ethyl adjacent to an activating group) is 2. The maximum atomic E-state index is 14.7. The number of anilines is 1. The molecule has 162 valence electrons. The summed E-state index contributed by atoms with van der Waals surface area (Å²) in [6.45, 7) is 9.86. The van der Waals surface area contributed by atoms with E-state index in [4.69, 9.17) is 4.74 Å². The van der Waals surface area contributed by atoms with Gasteiger partial charge >= 0.3 is 0 Å². The van der Waals surface area contributed by atoms with E-state index in [1.807, 2.05) is 24.1 Å². The molecule has 0 aromatic heterocycles. The summed E-state index contributed by atoms with van der Waals surface area (Å²) in [5.41, 5.74) is 1.62. The molecule has 1 aromatic rings. The molecule has 0 spiro atoms. The third kappa shape index (κ3) is 6.57. The highest BCUT2D eigenvalue weighted by Gasteiger charge is 2.21. The lowest BCUT2D eigenvalue weighted by Crippen LogP contribution is -2.46. The zero-order valence-electron chi connectivity index (χ0n) is 18.2. The molecule has 0 bridgehead atoms. The number of piperazine rings is 1. The van der Waals surface area contributed by atoms with Crippen molar-refractivity contribution in [3.63, 3.8) is 0 Å². The van der Waals surface area contributed by atoms with Crippen LogP contribution in [0.2, 0.25) is 0 Å². The minimum absolute atomic E-state index is 0.147. The van der Waals surface area contributed by atoms with E-state index in [-0.39, 0.29) is 5.82 Å². The van der Waals surface area contributed by atoms with E-state index in [0.717, 1.165) is 63.3 Å². The molecule has 29 heavy (non-hydrogen) atoms. The lowest BCUT2D eigenvalue weighted by Gasteiger charge is -2.35.